The van der Waals surface area contributed by atoms with E-state index in [1.165, 1.54) is 18.1 Å². The first-order chi connectivity index (χ1) is 25.0. The average molecular weight is 745 g/mol. The first kappa shape index (κ1) is 39.0. The highest BCUT2D eigenvalue weighted by Crippen LogP contribution is 2.44. The van der Waals surface area contributed by atoms with Crippen LogP contribution in [-0.2, 0) is 4.79 Å². The van der Waals surface area contributed by atoms with Crippen LogP contribution in [0.4, 0.5) is 20.2 Å². The average Bonchev–Trinajstić information content (AvgIpc) is 3.27. The molecule has 0 bridgehead atoms. The van der Waals surface area contributed by atoms with Crippen LogP contribution < -0.4 is 19.7 Å². The summed E-state index contributed by atoms with van der Waals surface area (Å²) in [5, 5.41) is 2.89. The zero-order valence-electron chi connectivity index (χ0n) is 30.1. The summed E-state index contributed by atoms with van der Waals surface area (Å²) in [6.45, 7) is 0.720. The Hall–Kier alpha value is -5.26. The van der Waals surface area contributed by atoms with Crippen molar-refractivity contribution in [2.75, 3.05) is 58.2 Å². The Labute approximate surface area is 314 Å². The zero-order chi connectivity index (χ0) is 37.0. The number of methoxy groups -OCH3 is 2. The smallest absolute Gasteiger partial charge is 0.275 e. The Morgan fingerprint density at radius 3 is 2.11 bits per heavy atom. The molecular formula is C41H43ClF2N4O5. The summed E-state index contributed by atoms with van der Waals surface area (Å²) < 4.78 is 42.7. The quantitative estimate of drug-likeness (QED) is 0.186. The van der Waals surface area contributed by atoms with Crippen LogP contribution in [-0.4, -0.2) is 87.4 Å². The van der Waals surface area contributed by atoms with E-state index in [0.29, 0.717) is 58.7 Å². The zero-order valence-corrected chi connectivity index (χ0v) is 30.9. The number of nitrogens with zero attached hydrogens (tertiary/aromatic N) is 3. The minimum absolute atomic E-state index is 0. The van der Waals surface area contributed by atoms with E-state index in [0.717, 1.165) is 18.9 Å². The standard InChI is InChI=1S/C41H42F2N4O5.ClH/c1-45(2)29-20-23-46(24-21-29)37(48)26-34-33-12-7-8-14-35(33)47(25-22-41(34,42)43)40(50)27-16-18-28(19-17-27)44-39(49)32-11-6-5-10-30(32)31-13-9-15-36(51-3)38(31)52-4;/h5-19,26,29H,20-25H2,1-4H3,(H,44,49);1H. The molecule has 4 aromatic rings. The van der Waals surface area contributed by atoms with Crippen molar-refractivity contribution in [3.05, 3.63) is 114 Å². The largest absolute Gasteiger partial charge is 0.493 e. The van der Waals surface area contributed by atoms with E-state index in [-0.39, 0.29) is 41.6 Å². The second kappa shape index (κ2) is 16.6. The van der Waals surface area contributed by atoms with Gasteiger partial charge in [0, 0.05) is 71.7 Å². The number of allylic oxidation sites excluding steroid dienone is 1. The summed E-state index contributed by atoms with van der Waals surface area (Å²) in [6.07, 6.45) is 1.95. The Balaban J connectivity index is 0.00000541. The van der Waals surface area contributed by atoms with Crippen molar-refractivity contribution >= 4 is 47.1 Å². The molecule has 0 saturated carbocycles. The molecule has 0 radical (unpaired) electrons. The summed E-state index contributed by atoms with van der Waals surface area (Å²) in [6, 6.07) is 25.7. The van der Waals surface area contributed by atoms with Crippen LogP contribution in [0, 0.1) is 0 Å². The number of fused-ring (bicyclic) bond motifs is 1. The number of nitrogens with one attached hydrogen (secondary N) is 1. The fourth-order valence-corrected chi connectivity index (χ4v) is 6.92. The fourth-order valence-electron chi connectivity index (χ4n) is 6.92. The molecule has 1 fully saturated rings. The highest BCUT2D eigenvalue weighted by molar-refractivity contribution is 6.11. The number of piperidine rings is 1. The van der Waals surface area contributed by atoms with Crippen LogP contribution in [0.1, 0.15) is 45.5 Å². The summed E-state index contributed by atoms with van der Waals surface area (Å²) >= 11 is 0. The lowest BCUT2D eigenvalue weighted by molar-refractivity contribution is -0.127. The Bertz CT molecular complexity index is 1990. The molecule has 0 aromatic heterocycles. The van der Waals surface area contributed by atoms with Crippen molar-refractivity contribution in [2.24, 2.45) is 0 Å². The number of amides is 3. The number of carbonyl (C=O) groups excluding carboxylic acids is 3. The van der Waals surface area contributed by atoms with Crippen molar-refractivity contribution in [2.45, 2.75) is 31.2 Å². The van der Waals surface area contributed by atoms with Gasteiger partial charge in [-0.15, -0.1) is 12.4 Å². The van der Waals surface area contributed by atoms with Gasteiger partial charge in [-0.05, 0) is 75.0 Å². The third-order valence-electron chi connectivity index (χ3n) is 9.80. The van der Waals surface area contributed by atoms with Crippen LogP contribution in [0.25, 0.3) is 16.7 Å². The minimum Gasteiger partial charge on any atom is -0.493 e. The van der Waals surface area contributed by atoms with Crippen molar-refractivity contribution < 1.29 is 32.6 Å². The van der Waals surface area contributed by atoms with Gasteiger partial charge in [0.1, 0.15) is 0 Å². The molecule has 4 aromatic carbocycles. The van der Waals surface area contributed by atoms with Crippen molar-refractivity contribution in [1.29, 1.82) is 0 Å². The van der Waals surface area contributed by atoms with E-state index >= 15 is 8.78 Å². The molecule has 12 heteroatoms. The molecule has 2 heterocycles. The molecule has 1 N–H and O–H groups in total. The van der Waals surface area contributed by atoms with Gasteiger partial charge in [0.25, 0.3) is 17.7 Å². The molecular weight excluding hydrogens is 702 g/mol. The minimum atomic E-state index is -3.35. The number of para-hydroxylation sites is 2. The van der Waals surface area contributed by atoms with E-state index in [2.05, 4.69) is 10.2 Å². The number of benzene rings is 4. The molecule has 2 aliphatic heterocycles. The van der Waals surface area contributed by atoms with Crippen LogP contribution >= 0.6 is 12.4 Å². The third-order valence-corrected chi connectivity index (χ3v) is 9.80. The molecule has 3 amide bonds. The SMILES string of the molecule is COc1cccc(-c2ccccc2C(=O)Nc2ccc(C(=O)N3CCC(F)(F)C(=CC(=O)N4CCC(N(C)C)CC4)c4ccccc43)cc2)c1OC.Cl. The predicted molar refractivity (Wildman–Crippen MR) is 206 cm³/mol. The van der Waals surface area contributed by atoms with Crippen molar-refractivity contribution in [3.63, 3.8) is 0 Å². The summed E-state index contributed by atoms with van der Waals surface area (Å²) in [4.78, 5) is 45.9. The maximum Gasteiger partial charge on any atom is 0.275 e. The van der Waals surface area contributed by atoms with Crippen LogP contribution in [0.5, 0.6) is 11.5 Å². The molecule has 0 spiro atoms. The number of rotatable bonds is 8. The van der Waals surface area contributed by atoms with Gasteiger partial charge in [-0.25, -0.2) is 8.78 Å². The molecule has 1 saturated heterocycles. The van der Waals surface area contributed by atoms with E-state index in [4.69, 9.17) is 9.47 Å². The summed E-state index contributed by atoms with van der Waals surface area (Å²) in [7, 11) is 7.08. The third kappa shape index (κ3) is 8.21. The highest BCUT2D eigenvalue weighted by atomic mass is 35.5. The highest BCUT2D eigenvalue weighted by Gasteiger charge is 2.42. The lowest BCUT2D eigenvalue weighted by atomic mass is 9.96. The molecule has 0 atom stereocenters. The molecule has 2 aliphatic rings. The van der Waals surface area contributed by atoms with E-state index in [1.54, 1.807) is 72.7 Å². The van der Waals surface area contributed by atoms with Gasteiger partial charge in [0.05, 0.1) is 19.9 Å². The lowest BCUT2D eigenvalue weighted by Gasteiger charge is -2.35. The number of alkyl halides is 2. The first-order valence-electron chi connectivity index (χ1n) is 17.2. The predicted octanol–water partition coefficient (Wildman–Crippen LogP) is 7.67. The number of anilines is 2. The van der Waals surface area contributed by atoms with Gasteiger partial charge in [-0.3, -0.25) is 14.4 Å². The van der Waals surface area contributed by atoms with Gasteiger partial charge in [0.15, 0.2) is 11.5 Å². The van der Waals surface area contributed by atoms with Crippen molar-refractivity contribution in [3.8, 4) is 22.6 Å². The van der Waals surface area contributed by atoms with Crippen molar-refractivity contribution in [1.82, 2.24) is 9.80 Å². The lowest BCUT2D eigenvalue weighted by Crippen LogP contribution is -2.44. The van der Waals surface area contributed by atoms with Gasteiger partial charge in [-0.1, -0.05) is 48.5 Å². The van der Waals surface area contributed by atoms with E-state index < -0.39 is 24.2 Å². The van der Waals surface area contributed by atoms with E-state index in [1.807, 2.05) is 38.4 Å². The molecule has 0 aliphatic carbocycles. The number of hydrogen-bond donors (Lipinski definition) is 1. The number of hydrogen-bond acceptors (Lipinski definition) is 6. The second-order valence-electron chi connectivity index (χ2n) is 13.1. The Morgan fingerprint density at radius 1 is 0.811 bits per heavy atom. The molecule has 6 rings (SSSR count). The fraction of sp³-hybridized carbons (Fsp3) is 0.293. The molecule has 278 valence electrons. The molecule has 9 nitrogen and oxygen atoms in total. The maximum absolute atomic E-state index is 15.8. The van der Waals surface area contributed by atoms with Gasteiger partial charge in [0.2, 0.25) is 5.91 Å². The normalized spacial score (nSPS) is 16.3. The van der Waals surface area contributed by atoms with Gasteiger partial charge in [-0.2, -0.15) is 0 Å². The number of likely N-dealkylation sites (tertiary alicyclic amines) is 1. The Morgan fingerprint density at radius 2 is 1.45 bits per heavy atom. The van der Waals surface area contributed by atoms with Gasteiger partial charge >= 0.3 is 0 Å². The summed E-state index contributed by atoms with van der Waals surface area (Å²) in [5.41, 5.74) is 2.48. The maximum atomic E-state index is 15.8. The van der Waals surface area contributed by atoms with Gasteiger partial charge < -0.3 is 29.5 Å². The number of ether oxygens (including phenoxy) is 2. The monoisotopic (exact) mass is 744 g/mol. The number of halogens is 3. The topological polar surface area (TPSA) is 91.4 Å². The first-order valence-corrected chi connectivity index (χ1v) is 17.2. The number of carbonyl (C=O) groups is 3. The van der Waals surface area contributed by atoms with Crippen LogP contribution in [0.2, 0.25) is 0 Å². The van der Waals surface area contributed by atoms with Crippen LogP contribution in [0.15, 0.2) is 97.1 Å². The summed E-state index contributed by atoms with van der Waals surface area (Å²) in [5.74, 6) is -3.63. The molecule has 53 heavy (non-hydrogen) atoms. The van der Waals surface area contributed by atoms with E-state index in [9.17, 15) is 14.4 Å². The van der Waals surface area contributed by atoms with Crippen LogP contribution in [0.3, 0.4) is 0 Å². The molecule has 0 unspecified atom stereocenters. The second-order valence-corrected chi connectivity index (χ2v) is 13.1. The Kier molecular flexibility index (Phi) is 12.2.